The van der Waals surface area contributed by atoms with E-state index >= 15 is 0 Å². The highest BCUT2D eigenvalue weighted by Gasteiger charge is 2.23. The molecule has 1 atom stereocenters. The first-order valence-corrected chi connectivity index (χ1v) is 10.2. The van der Waals surface area contributed by atoms with Crippen molar-refractivity contribution < 1.29 is 17.6 Å². The number of amides is 1. The number of halogens is 1. The Kier molecular flexibility index (Phi) is 6.74. The molecule has 0 saturated carbocycles. The van der Waals surface area contributed by atoms with Crippen molar-refractivity contribution in [1.82, 2.24) is 5.32 Å². The van der Waals surface area contributed by atoms with Crippen molar-refractivity contribution in [2.75, 3.05) is 17.1 Å². The Morgan fingerprint density at radius 3 is 2.35 bits per heavy atom. The van der Waals surface area contributed by atoms with Crippen LogP contribution in [-0.4, -0.2) is 33.2 Å². The Morgan fingerprint density at radius 1 is 1.12 bits per heavy atom. The summed E-state index contributed by atoms with van der Waals surface area (Å²) in [4.78, 5) is 12.3. The number of carbonyl (C=O) groups excluding carboxylic acids is 1. The SMILES string of the molecule is C[C@@H](CCc1ccccc1)NC(=O)CN(c1ccccc1F)S(C)(=O)=O. The van der Waals surface area contributed by atoms with Crippen molar-refractivity contribution >= 4 is 21.6 Å². The van der Waals surface area contributed by atoms with Crippen LogP contribution in [0.3, 0.4) is 0 Å². The lowest BCUT2D eigenvalue weighted by molar-refractivity contribution is -0.120. The normalized spacial score (nSPS) is 12.4. The topological polar surface area (TPSA) is 66.5 Å². The van der Waals surface area contributed by atoms with Gasteiger partial charge >= 0.3 is 0 Å². The first kappa shape index (κ1) is 19.9. The molecular weight excluding hydrogens is 355 g/mol. The molecule has 0 spiro atoms. The number of hydrogen-bond donors (Lipinski definition) is 1. The highest BCUT2D eigenvalue weighted by molar-refractivity contribution is 7.92. The number of nitrogens with zero attached hydrogens (tertiary/aromatic N) is 1. The number of hydrogen-bond acceptors (Lipinski definition) is 3. The fraction of sp³-hybridized carbons (Fsp3) is 0.316. The lowest BCUT2D eigenvalue weighted by atomic mass is 10.1. The molecule has 0 saturated heterocycles. The van der Waals surface area contributed by atoms with Gasteiger partial charge in [0.2, 0.25) is 15.9 Å². The molecule has 2 rings (SSSR count). The van der Waals surface area contributed by atoms with Gasteiger partial charge in [-0.1, -0.05) is 42.5 Å². The molecule has 2 aromatic carbocycles. The molecule has 0 bridgehead atoms. The van der Waals surface area contributed by atoms with Crippen molar-refractivity contribution in [2.24, 2.45) is 0 Å². The molecule has 0 aliphatic heterocycles. The summed E-state index contributed by atoms with van der Waals surface area (Å²) in [6.45, 7) is 1.39. The Bertz CT molecular complexity index is 841. The highest BCUT2D eigenvalue weighted by atomic mass is 32.2. The molecule has 0 aromatic heterocycles. The molecule has 0 unspecified atom stereocenters. The minimum Gasteiger partial charge on any atom is -0.352 e. The van der Waals surface area contributed by atoms with Crippen LogP contribution in [0.25, 0.3) is 0 Å². The minimum atomic E-state index is -3.79. The first-order chi connectivity index (χ1) is 12.3. The zero-order valence-electron chi connectivity index (χ0n) is 14.9. The van der Waals surface area contributed by atoms with Gasteiger partial charge in [-0.25, -0.2) is 12.8 Å². The van der Waals surface area contributed by atoms with E-state index in [2.05, 4.69) is 5.32 Å². The van der Waals surface area contributed by atoms with E-state index in [0.29, 0.717) is 6.42 Å². The summed E-state index contributed by atoms with van der Waals surface area (Å²) in [5.41, 5.74) is 1.03. The number of rotatable bonds is 8. The fourth-order valence-corrected chi connectivity index (χ4v) is 3.44. The van der Waals surface area contributed by atoms with E-state index in [1.54, 1.807) is 0 Å². The molecule has 0 fully saturated rings. The summed E-state index contributed by atoms with van der Waals surface area (Å²) in [7, 11) is -3.79. The minimum absolute atomic E-state index is 0.135. The number of anilines is 1. The maximum atomic E-state index is 14.0. The van der Waals surface area contributed by atoms with Crippen molar-refractivity contribution in [3.8, 4) is 0 Å². The molecule has 0 heterocycles. The van der Waals surface area contributed by atoms with Gasteiger partial charge in [0.25, 0.3) is 0 Å². The zero-order valence-corrected chi connectivity index (χ0v) is 15.7. The number of benzene rings is 2. The van der Waals surface area contributed by atoms with Gasteiger partial charge in [-0.3, -0.25) is 9.10 Å². The summed E-state index contributed by atoms with van der Waals surface area (Å²) >= 11 is 0. The molecule has 0 aliphatic rings. The maximum absolute atomic E-state index is 14.0. The van der Waals surface area contributed by atoms with E-state index in [1.165, 1.54) is 18.2 Å². The van der Waals surface area contributed by atoms with Gasteiger partial charge in [-0.2, -0.15) is 0 Å². The third kappa shape index (κ3) is 5.84. The molecule has 1 N–H and O–H groups in total. The summed E-state index contributed by atoms with van der Waals surface area (Å²) in [6.07, 6.45) is 2.46. The smallest absolute Gasteiger partial charge is 0.240 e. The molecule has 1 amide bonds. The van der Waals surface area contributed by atoms with Crippen LogP contribution in [0.15, 0.2) is 54.6 Å². The molecule has 0 aliphatic carbocycles. The summed E-state index contributed by atoms with van der Waals surface area (Å²) in [5.74, 6) is -1.16. The number of carbonyl (C=O) groups is 1. The third-order valence-corrected chi connectivity index (χ3v) is 5.05. The van der Waals surface area contributed by atoms with E-state index in [0.717, 1.165) is 28.6 Å². The third-order valence-electron chi connectivity index (χ3n) is 3.92. The predicted octanol–water partition coefficient (Wildman–Crippen LogP) is 2.73. The summed E-state index contributed by atoms with van der Waals surface area (Å²) < 4.78 is 38.7. The lowest BCUT2D eigenvalue weighted by Gasteiger charge is -2.23. The second-order valence-electron chi connectivity index (χ2n) is 6.21. The van der Waals surface area contributed by atoms with Crippen LogP contribution >= 0.6 is 0 Å². The molecule has 0 radical (unpaired) electrons. The van der Waals surface area contributed by atoms with Crippen LogP contribution in [0.1, 0.15) is 18.9 Å². The Morgan fingerprint density at radius 2 is 1.73 bits per heavy atom. The van der Waals surface area contributed by atoms with Gasteiger partial charge in [0.1, 0.15) is 12.4 Å². The molecular formula is C19H23FN2O3S. The van der Waals surface area contributed by atoms with E-state index in [9.17, 15) is 17.6 Å². The van der Waals surface area contributed by atoms with Crippen LogP contribution < -0.4 is 9.62 Å². The maximum Gasteiger partial charge on any atom is 0.240 e. The second-order valence-corrected chi connectivity index (χ2v) is 8.12. The van der Waals surface area contributed by atoms with Crippen LogP contribution in [0.4, 0.5) is 10.1 Å². The highest BCUT2D eigenvalue weighted by Crippen LogP contribution is 2.21. The number of nitrogens with one attached hydrogen (secondary N) is 1. The number of para-hydroxylation sites is 1. The number of sulfonamides is 1. The Balaban J connectivity index is 1.98. The van der Waals surface area contributed by atoms with Gasteiger partial charge in [0, 0.05) is 6.04 Å². The quantitative estimate of drug-likeness (QED) is 0.768. The van der Waals surface area contributed by atoms with Crippen LogP contribution in [0, 0.1) is 5.82 Å². The zero-order chi connectivity index (χ0) is 19.2. The van der Waals surface area contributed by atoms with Gasteiger partial charge in [0.05, 0.1) is 11.9 Å². The lowest BCUT2D eigenvalue weighted by Crippen LogP contribution is -2.43. The van der Waals surface area contributed by atoms with E-state index < -0.39 is 28.3 Å². The molecule has 140 valence electrons. The average Bonchev–Trinajstić information content (AvgIpc) is 2.59. The summed E-state index contributed by atoms with van der Waals surface area (Å²) in [5, 5.41) is 2.77. The second kappa shape index (κ2) is 8.80. The van der Waals surface area contributed by atoms with Crippen molar-refractivity contribution in [3.63, 3.8) is 0 Å². The van der Waals surface area contributed by atoms with Gasteiger partial charge < -0.3 is 5.32 Å². The monoisotopic (exact) mass is 378 g/mol. The first-order valence-electron chi connectivity index (χ1n) is 8.33. The summed E-state index contributed by atoms with van der Waals surface area (Å²) in [6, 6.07) is 15.2. The van der Waals surface area contributed by atoms with E-state index in [-0.39, 0.29) is 11.7 Å². The van der Waals surface area contributed by atoms with Crippen molar-refractivity contribution in [3.05, 3.63) is 66.0 Å². The fourth-order valence-electron chi connectivity index (χ4n) is 2.59. The van der Waals surface area contributed by atoms with Crippen molar-refractivity contribution in [1.29, 1.82) is 0 Å². The Labute approximate surface area is 153 Å². The predicted molar refractivity (Wildman–Crippen MR) is 101 cm³/mol. The molecule has 5 nitrogen and oxygen atoms in total. The van der Waals surface area contributed by atoms with Crippen LogP contribution in [0.2, 0.25) is 0 Å². The number of aryl methyl sites for hydroxylation is 1. The van der Waals surface area contributed by atoms with Crippen molar-refractivity contribution in [2.45, 2.75) is 25.8 Å². The van der Waals surface area contributed by atoms with Crippen LogP contribution in [0.5, 0.6) is 0 Å². The molecule has 2 aromatic rings. The van der Waals surface area contributed by atoms with Gasteiger partial charge in [0.15, 0.2) is 0 Å². The molecule has 7 heteroatoms. The average molecular weight is 378 g/mol. The molecule has 26 heavy (non-hydrogen) atoms. The van der Waals surface area contributed by atoms with Gasteiger partial charge in [-0.15, -0.1) is 0 Å². The Hall–Kier alpha value is -2.41. The van der Waals surface area contributed by atoms with Gasteiger partial charge in [-0.05, 0) is 37.5 Å². The van der Waals surface area contributed by atoms with E-state index in [4.69, 9.17) is 0 Å². The van der Waals surface area contributed by atoms with Crippen LogP contribution in [-0.2, 0) is 21.2 Å². The van der Waals surface area contributed by atoms with E-state index in [1.807, 2.05) is 37.3 Å². The standard InChI is InChI=1S/C19H23FN2O3S/c1-15(12-13-16-8-4-3-5-9-16)21-19(23)14-22(26(2,24)25)18-11-7-6-10-17(18)20/h3-11,15H,12-14H2,1-2H3,(H,21,23)/t15-/m0/s1. The largest absolute Gasteiger partial charge is 0.352 e.